The smallest absolute Gasteiger partial charge is 0.0467 e. The van der Waals surface area contributed by atoms with Crippen LogP contribution >= 0.6 is 0 Å². The minimum absolute atomic E-state index is 2.00. The standard InChI is InChI=1S/C6H10/c1-3-5-6-4-2/h3-6H,1-2H3/b5-3-,6-4?. The third-order valence-electron chi connectivity index (χ3n) is 0.496. The Bertz CT molecular complexity index is 48.4. The number of rotatable bonds is 1. The van der Waals surface area contributed by atoms with Gasteiger partial charge in [-0.1, -0.05) is 24.3 Å². The molecular weight excluding hydrogens is 72.1 g/mol. The fourth-order valence-corrected chi connectivity index (χ4v) is 0.222. The maximum absolute atomic E-state index is 2.00. The predicted octanol–water partition coefficient (Wildman–Crippen LogP) is 2.14. The normalized spacial score (nSPS) is 11.7. The fourth-order valence-electron chi connectivity index (χ4n) is 0.222. The molecule has 0 radical (unpaired) electrons. The van der Waals surface area contributed by atoms with Gasteiger partial charge in [0.05, 0.1) is 0 Å². The quantitative estimate of drug-likeness (QED) is 0.425. The Kier molecular flexibility index (Phi) is 4.09. The molecule has 0 aliphatic carbocycles. The minimum atomic E-state index is 2.00. The summed E-state index contributed by atoms with van der Waals surface area (Å²) >= 11 is 0. The van der Waals surface area contributed by atoms with Crippen molar-refractivity contribution in [1.29, 1.82) is 0 Å². The number of hydrogen-bond acceptors (Lipinski definition) is 0. The zero-order valence-corrected chi connectivity index (χ0v) is 4.31. The van der Waals surface area contributed by atoms with Crippen molar-refractivity contribution >= 4 is 0 Å². The summed E-state index contributed by atoms with van der Waals surface area (Å²) in [4.78, 5) is 0. The van der Waals surface area contributed by atoms with Crippen LogP contribution in [0.2, 0.25) is 0 Å². The van der Waals surface area contributed by atoms with Gasteiger partial charge in [0.2, 0.25) is 0 Å². The molecule has 0 aliphatic rings. The Hall–Kier alpha value is -0.520. The van der Waals surface area contributed by atoms with Gasteiger partial charge in [-0.2, -0.15) is 0 Å². The molecule has 0 aromatic rings. The molecule has 0 spiro atoms. The molecule has 0 saturated carbocycles. The van der Waals surface area contributed by atoms with E-state index in [1.807, 2.05) is 38.2 Å². The fraction of sp³-hybridized carbons (Fsp3) is 0.333. The van der Waals surface area contributed by atoms with E-state index in [4.69, 9.17) is 0 Å². The van der Waals surface area contributed by atoms with Gasteiger partial charge < -0.3 is 0 Å². The lowest BCUT2D eigenvalue weighted by atomic mass is 10.5. The Labute approximate surface area is 39.2 Å². The first kappa shape index (κ1) is 5.48. The molecular formula is C6H10. The van der Waals surface area contributed by atoms with E-state index < -0.39 is 0 Å². The van der Waals surface area contributed by atoms with Crippen LogP contribution < -0.4 is 0 Å². The highest BCUT2D eigenvalue weighted by Crippen LogP contribution is 1.71. The summed E-state index contributed by atoms with van der Waals surface area (Å²) in [5, 5.41) is 0. The average molecular weight is 82.1 g/mol. The van der Waals surface area contributed by atoms with Crippen LogP contribution in [0.4, 0.5) is 0 Å². The molecule has 0 saturated heterocycles. The molecule has 0 N–H and O–H groups in total. The average Bonchev–Trinajstić information content (AvgIpc) is 1.61. The molecule has 0 heteroatoms. The van der Waals surface area contributed by atoms with E-state index in [9.17, 15) is 0 Å². The van der Waals surface area contributed by atoms with Crippen molar-refractivity contribution in [3.8, 4) is 0 Å². The topological polar surface area (TPSA) is 0 Å². The monoisotopic (exact) mass is 82.1 g/mol. The Morgan fingerprint density at radius 3 is 1.33 bits per heavy atom. The second kappa shape index (κ2) is 4.48. The molecule has 0 aliphatic heterocycles. The Morgan fingerprint density at radius 1 is 0.833 bits per heavy atom. The van der Waals surface area contributed by atoms with Crippen LogP contribution in [0.1, 0.15) is 13.8 Å². The first-order chi connectivity index (χ1) is 2.91. The van der Waals surface area contributed by atoms with Crippen molar-refractivity contribution in [3.05, 3.63) is 24.3 Å². The molecule has 0 fully saturated rings. The van der Waals surface area contributed by atoms with Gasteiger partial charge >= 0.3 is 0 Å². The third kappa shape index (κ3) is 3.48. The van der Waals surface area contributed by atoms with E-state index in [0.29, 0.717) is 0 Å². The molecule has 0 aromatic heterocycles. The SMILES string of the molecule is CC=C/C=C\C. The summed E-state index contributed by atoms with van der Waals surface area (Å²) in [7, 11) is 0. The summed E-state index contributed by atoms with van der Waals surface area (Å²) in [6, 6.07) is 0. The van der Waals surface area contributed by atoms with Gasteiger partial charge in [0.1, 0.15) is 0 Å². The van der Waals surface area contributed by atoms with E-state index in [-0.39, 0.29) is 0 Å². The van der Waals surface area contributed by atoms with Gasteiger partial charge in [0, 0.05) is 0 Å². The van der Waals surface area contributed by atoms with Crippen LogP contribution in [0, 0.1) is 0 Å². The van der Waals surface area contributed by atoms with Gasteiger partial charge in [-0.25, -0.2) is 0 Å². The molecule has 0 amide bonds. The predicted molar refractivity (Wildman–Crippen MR) is 29.6 cm³/mol. The molecule has 0 aromatic carbocycles. The zero-order chi connectivity index (χ0) is 4.83. The van der Waals surface area contributed by atoms with Crippen LogP contribution in [0.3, 0.4) is 0 Å². The Balaban J connectivity index is 3.07. The summed E-state index contributed by atoms with van der Waals surface area (Å²) in [6.07, 6.45) is 8.00. The van der Waals surface area contributed by atoms with Gasteiger partial charge in [-0.15, -0.1) is 0 Å². The molecule has 6 heavy (non-hydrogen) atoms. The van der Waals surface area contributed by atoms with Crippen molar-refractivity contribution in [3.63, 3.8) is 0 Å². The lowest BCUT2D eigenvalue weighted by Crippen LogP contribution is -1.40. The van der Waals surface area contributed by atoms with E-state index in [0.717, 1.165) is 0 Å². The molecule has 0 atom stereocenters. The molecule has 0 nitrogen and oxygen atoms in total. The van der Waals surface area contributed by atoms with Crippen LogP contribution in [-0.2, 0) is 0 Å². The van der Waals surface area contributed by atoms with Crippen LogP contribution in [0.15, 0.2) is 24.3 Å². The highest BCUT2D eigenvalue weighted by Gasteiger charge is 1.48. The highest BCUT2D eigenvalue weighted by atomic mass is 13.6. The second-order valence-corrected chi connectivity index (χ2v) is 1.05. The van der Waals surface area contributed by atoms with E-state index in [1.165, 1.54) is 0 Å². The molecule has 0 bridgehead atoms. The van der Waals surface area contributed by atoms with Crippen LogP contribution in [0.25, 0.3) is 0 Å². The van der Waals surface area contributed by atoms with Crippen LogP contribution in [-0.4, -0.2) is 0 Å². The molecule has 34 valence electrons. The number of allylic oxidation sites excluding steroid dienone is 4. The van der Waals surface area contributed by atoms with Crippen molar-refractivity contribution in [2.75, 3.05) is 0 Å². The lowest BCUT2D eigenvalue weighted by Gasteiger charge is -1.62. The summed E-state index contributed by atoms with van der Waals surface area (Å²) in [5.41, 5.74) is 0. The first-order valence-corrected chi connectivity index (χ1v) is 2.15. The Morgan fingerprint density at radius 2 is 1.17 bits per heavy atom. The largest absolute Gasteiger partial charge is 0.0877 e. The van der Waals surface area contributed by atoms with Crippen molar-refractivity contribution in [1.82, 2.24) is 0 Å². The molecule has 0 heterocycles. The second-order valence-electron chi connectivity index (χ2n) is 1.05. The maximum Gasteiger partial charge on any atom is -0.0467 e. The van der Waals surface area contributed by atoms with Gasteiger partial charge in [0.15, 0.2) is 0 Å². The van der Waals surface area contributed by atoms with Crippen LogP contribution in [0.5, 0.6) is 0 Å². The highest BCUT2D eigenvalue weighted by molar-refractivity contribution is 4.98. The third-order valence-corrected chi connectivity index (χ3v) is 0.496. The molecule has 0 rings (SSSR count). The van der Waals surface area contributed by atoms with Gasteiger partial charge in [-0.05, 0) is 13.8 Å². The van der Waals surface area contributed by atoms with E-state index >= 15 is 0 Å². The van der Waals surface area contributed by atoms with Gasteiger partial charge in [-0.3, -0.25) is 0 Å². The molecule has 0 unspecified atom stereocenters. The van der Waals surface area contributed by atoms with E-state index in [1.54, 1.807) is 0 Å². The zero-order valence-electron chi connectivity index (χ0n) is 4.31. The van der Waals surface area contributed by atoms with Crippen molar-refractivity contribution in [2.45, 2.75) is 13.8 Å². The van der Waals surface area contributed by atoms with Crippen molar-refractivity contribution in [2.24, 2.45) is 0 Å². The number of hydrogen-bond donors (Lipinski definition) is 0. The van der Waals surface area contributed by atoms with Gasteiger partial charge in [0.25, 0.3) is 0 Å². The van der Waals surface area contributed by atoms with E-state index in [2.05, 4.69) is 0 Å². The summed E-state index contributed by atoms with van der Waals surface area (Å²) in [6.45, 7) is 4.00. The minimum Gasteiger partial charge on any atom is -0.0877 e. The lowest BCUT2D eigenvalue weighted by molar-refractivity contribution is 1.69. The summed E-state index contributed by atoms with van der Waals surface area (Å²) < 4.78 is 0. The summed E-state index contributed by atoms with van der Waals surface area (Å²) in [5.74, 6) is 0. The first-order valence-electron chi connectivity index (χ1n) is 2.15. The maximum atomic E-state index is 2.00. The van der Waals surface area contributed by atoms with Crippen molar-refractivity contribution < 1.29 is 0 Å².